The molecular formula is C12H14ClFN2O4. The van der Waals surface area contributed by atoms with Crippen molar-refractivity contribution >= 4 is 23.2 Å². The van der Waals surface area contributed by atoms with E-state index in [-0.39, 0.29) is 31.1 Å². The zero-order valence-corrected chi connectivity index (χ0v) is 11.6. The van der Waals surface area contributed by atoms with Gasteiger partial charge in [-0.05, 0) is 12.1 Å². The summed E-state index contributed by atoms with van der Waals surface area (Å²) in [6.45, 7) is 0.666. The summed E-state index contributed by atoms with van der Waals surface area (Å²) in [6.07, 6.45) is 0. The number of rotatable bonds is 7. The van der Waals surface area contributed by atoms with Crippen molar-refractivity contribution in [2.75, 3.05) is 32.7 Å². The Hall–Kier alpha value is -1.73. The number of alkyl halides is 1. The Bertz CT molecular complexity index is 498. The van der Waals surface area contributed by atoms with Crippen LogP contribution >= 0.6 is 11.6 Å². The normalized spacial score (nSPS) is 10.3. The maximum absolute atomic E-state index is 13.2. The quantitative estimate of drug-likeness (QED) is 0.439. The third kappa shape index (κ3) is 4.14. The lowest BCUT2D eigenvalue weighted by atomic mass is 10.1. The molecule has 0 spiro atoms. The first kappa shape index (κ1) is 16.3. The third-order valence-electron chi connectivity index (χ3n) is 2.59. The molecule has 0 fully saturated rings. The molecule has 0 radical (unpaired) electrons. The molecule has 110 valence electrons. The highest BCUT2D eigenvalue weighted by Crippen LogP contribution is 2.21. The molecule has 0 aliphatic carbocycles. The molecule has 0 saturated heterocycles. The van der Waals surface area contributed by atoms with Crippen LogP contribution in [0.4, 0.5) is 10.1 Å². The Morgan fingerprint density at radius 2 is 2.20 bits per heavy atom. The van der Waals surface area contributed by atoms with E-state index in [2.05, 4.69) is 0 Å². The minimum absolute atomic E-state index is 0.165. The van der Waals surface area contributed by atoms with Crippen LogP contribution < -0.4 is 0 Å². The lowest BCUT2D eigenvalue weighted by Crippen LogP contribution is -2.35. The Balaban J connectivity index is 3.09. The van der Waals surface area contributed by atoms with Crippen molar-refractivity contribution in [2.24, 2.45) is 0 Å². The number of benzene rings is 1. The van der Waals surface area contributed by atoms with E-state index in [1.165, 1.54) is 12.0 Å². The number of carbonyl (C=O) groups excluding carboxylic acids is 1. The fraction of sp³-hybridized carbons (Fsp3) is 0.417. The average molecular weight is 305 g/mol. The molecule has 0 bridgehead atoms. The first-order chi connectivity index (χ1) is 9.51. The van der Waals surface area contributed by atoms with Gasteiger partial charge >= 0.3 is 0 Å². The van der Waals surface area contributed by atoms with Crippen LogP contribution in [0, 0.1) is 15.9 Å². The number of halogens is 2. The summed E-state index contributed by atoms with van der Waals surface area (Å²) >= 11 is 5.60. The number of nitro benzene ring substituents is 1. The van der Waals surface area contributed by atoms with E-state index < -0.39 is 22.3 Å². The SMILES string of the molecule is COCCN(CCCl)C(=O)c1cc(F)ccc1[N+](=O)[O-]. The number of carbonyl (C=O) groups is 1. The van der Waals surface area contributed by atoms with Crippen molar-refractivity contribution in [2.45, 2.75) is 0 Å². The highest BCUT2D eigenvalue weighted by Gasteiger charge is 2.25. The van der Waals surface area contributed by atoms with Crippen molar-refractivity contribution in [1.29, 1.82) is 0 Å². The van der Waals surface area contributed by atoms with Gasteiger partial charge in [0.2, 0.25) is 0 Å². The van der Waals surface area contributed by atoms with Gasteiger partial charge in [-0.25, -0.2) is 4.39 Å². The zero-order valence-electron chi connectivity index (χ0n) is 10.8. The van der Waals surface area contributed by atoms with Crippen molar-refractivity contribution in [3.8, 4) is 0 Å². The van der Waals surface area contributed by atoms with Gasteiger partial charge in [0.15, 0.2) is 0 Å². The second-order valence-corrected chi connectivity index (χ2v) is 4.27. The molecule has 0 aromatic heterocycles. The van der Waals surface area contributed by atoms with Crippen LogP contribution in [0.3, 0.4) is 0 Å². The summed E-state index contributed by atoms with van der Waals surface area (Å²) in [5.41, 5.74) is -0.732. The summed E-state index contributed by atoms with van der Waals surface area (Å²) in [6, 6.07) is 2.77. The predicted octanol–water partition coefficient (Wildman–Crippen LogP) is 2.06. The van der Waals surface area contributed by atoms with Gasteiger partial charge < -0.3 is 9.64 Å². The molecular weight excluding hydrogens is 291 g/mol. The monoisotopic (exact) mass is 304 g/mol. The predicted molar refractivity (Wildman–Crippen MR) is 71.6 cm³/mol. The van der Waals surface area contributed by atoms with E-state index >= 15 is 0 Å². The fourth-order valence-corrected chi connectivity index (χ4v) is 1.83. The first-order valence-corrected chi connectivity index (χ1v) is 6.32. The molecule has 0 aliphatic heterocycles. The molecule has 1 amide bonds. The van der Waals surface area contributed by atoms with E-state index in [4.69, 9.17) is 16.3 Å². The van der Waals surface area contributed by atoms with Crippen molar-refractivity contribution < 1.29 is 18.8 Å². The largest absolute Gasteiger partial charge is 0.383 e. The molecule has 1 aromatic rings. The summed E-state index contributed by atoms with van der Waals surface area (Å²) in [5.74, 6) is -1.19. The lowest BCUT2D eigenvalue weighted by Gasteiger charge is -2.21. The molecule has 0 heterocycles. The van der Waals surface area contributed by atoms with Gasteiger partial charge in [-0.15, -0.1) is 11.6 Å². The number of ether oxygens (including phenoxy) is 1. The summed E-state index contributed by atoms with van der Waals surface area (Å²) in [7, 11) is 1.47. The highest BCUT2D eigenvalue weighted by molar-refractivity contribution is 6.18. The second kappa shape index (κ2) is 7.76. The van der Waals surface area contributed by atoms with E-state index in [0.29, 0.717) is 0 Å². The van der Waals surface area contributed by atoms with Crippen LogP contribution in [0.5, 0.6) is 0 Å². The number of nitrogens with zero attached hydrogens (tertiary/aromatic N) is 2. The summed E-state index contributed by atoms with van der Waals surface area (Å²) < 4.78 is 18.1. The molecule has 1 rings (SSSR count). The molecule has 6 nitrogen and oxygen atoms in total. The molecule has 0 saturated carbocycles. The highest BCUT2D eigenvalue weighted by atomic mass is 35.5. The van der Waals surface area contributed by atoms with Gasteiger partial charge in [0.05, 0.1) is 11.5 Å². The summed E-state index contributed by atoms with van der Waals surface area (Å²) in [5, 5.41) is 10.9. The molecule has 0 unspecified atom stereocenters. The van der Waals surface area contributed by atoms with Crippen LogP contribution in [0.25, 0.3) is 0 Å². The Kier molecular flexibility index (Phi) is 6.33. The van der Waals surface area contributed by atoms with Crippen LogP contribution in [-0.4, -0.2) is 48.4 Å². The number of methoxy groups -OCH3 is 1. The minimum Gasteiger partial charge on any atom is -0.383 e. The second-order valence-electron chi connectivity index (χ2n) is 3.89. The van der Waals surface area contributed by atoms with E-state index in [9.17, 15) is 19.3 Å². The van der Waals surface area contributed by atoms with Crippen LogP contribution in [0.15, 0.2) is 18.2 Å². The van der Waals surface area contributed by atoms with E-state index in [1.807, 2.05) is 0 Å². The molecule has 0 atom stereocenters. The summed E-state index contributed by atoms with van der Waals surface area (Å²) in [4.78, 5) is 23.7. The van der Waals surface area contributed by atoms with E-state index in [0.717, 1.165) is 18.2 Å². The third-order valence-corrected chi connectivity index (χ3v) is 2.76. The lowest BCUT2D eigenvalue weighted by molar-refractivity contribution is -0.385. The standard InChI is InChI=1S/C12H14ClFN2O4/c1-20-7-6-15(5-4-13)12(17)10-8-9(14)2-3-11(10)16(18)19/h2-3,8H,4-7H2,1H3. The van der Waals surface area contributed by atoms with Gasteiger partial charge in [0.1, 0.15) is 11.4 Å². The molecule has 8 heteroatoms. The van der Waals surface area contributed by atoms with Gasteiger partial charge in [0.25, 0.3) is 11.6 Å². The molecule has 1 aromatic carbocycles. The minimum atomic E-state index is -0.720. The van der Waals surface area contributed by atoms with Crippen LogP contribution in [0.1, 0.15) is 10.4 Å². The fourth-order valence-electron chi connectivity index (χ4n) is 1.63. The number of amides is 1. The number of hydrogen-bond donors (Lipinski definition) is 0. The Morgan fingerprint density at radius 3 is 2.75 bits per heavy atom. The van der Waals surface area contributed by atoms with Crippen molar-refractivity contribution in [3.05, 3.63) is 39.7 Å². The van der Waals surface area contributed by atoms with Crippen molar-refractivity contribution in [3.63, 3.8) is 0 Å². The first-order valence-electron chi connectivity index (χ1n) is 5.79. The van der Waals surface area contributed by atoms with Crippen LogP contribution in [-0.2, 0) is 4.74 Å². The average Bonchev–Trinajstić information content (AvgIpc) is 2.42. The maximum Gasteiger partial charge on any atom is 0.282 e. The molecule has 20 heavy (non-hydrogen) atoms. The van der Waals surface area contributed by atoms with Crippen LogP contribution in [0.2, 0.25) is 0 Å². The topological polar surface area (TPSA) is 72.7 Å². The Morgan fingerprint density at radius 1 is 1.50 bits per heavy atom. The molecule has 0 N–H and O–H groups in total. The van der Waals surface area contributed by atoms with Gasteiger partial charge in [-0.1, -0.05) is 0 Å². The number of nitro groups is 1. The van der Waals surface area contributed by atoms with Gasteiger partial charge in [0, 0.05) is 32.1 Å². The van der Waals surface area contributed by atoms with Crippen molar-refractivity contribution in [1.82, 2.24) is 4.90 Å². The smallest absolute Gasteiger partial charge is 0.282 e. The molecule has 0 aliphatic rings. The maximum atomic E-state index is 13.2. The Labute approximate surface area is 120 Å². The van der Waals surface area contributed by atoms with E-state index in [1.54, 1.807) is 0 Å². The van der Waals surface area contributed by atoms with Gasteiger partial charge in [-0.3, -0.25) is 14.9 Å². The number of hydrogen-bond acceptors (Lipinski definition) is 4. The zero-order chi connectivity index (χ0) is 15.1. The van der Waals surface area contributed by atoms with Gasteiger partial charge in [-0.2, -0.15) is 0 Å².